The molecule has 3 amide bonds. The zero-order valence-corrected chi connectivity index (χ0v) is 24.3. The van der Waals surface area contributed by atoms with Crippen molar-refractivity contribution in [2.75, 3.05) is 17.7 Å². The summed E-state index contributed by atoms with van der Waals surface area (Å²) >= 11 is 7.38. The van der Waals surface area contributed by atoms with Crippen LogP contribution >= 0.6 is 23.4 Å². The second kappa shape index (κ2) is 14.3. The Morgan fingerprint density at radius 1 is 0.905 bits per heavy atom. The van der Waals surface area contributed by atoms with Gasteiger partial charge in [0.2, 0.25) is 5.91 Å². The molecule has 3 N–H and O–H groups in total. The van der Waals surface area contributed by atoms with Crippen molar-refractivity contribution in [2.24, 2.45) is 0 Å². The number of methoxy groups -OCH3 is 1. The maximum atomic E-state index is 14.4. The van der Waals surface area contributed by atoms with E-state index in [2.05, 4.69) is 16.0 Å². The first-order valence-corrected chi connectivity index (χ1v) is 14.0. The Kier molecular flexibility index (Phi) is 10.4. The highest BCUT2D eigenvalue weighted by molar-refractivity contribution is 8.00. The first-order chi connectivity index (χ1) is 20.2. The van der Waals surface area contributed by atoms with Crippen molar-refractivity contribution >= 4 is 58.5 Å². The second-order valence-electron chi connectivity index (χ2n) is 8.97. The molecular formula is C32H27ClFN3O4S. The third kappa shape index (κ3) is 8.22. The van der Waals surface area contributed by atoms with Crippen molar-refractivity contribution in [3.05, 3.63) is 125 Å². The topological polar surface area (TPSA) is 96.5 Å². The van der Waals surface area contributed by atoms with Gasteiger partial charge in [0, 0.05) is 26.7 Å². The summed E-state index contributed by atoms with van der Waals surface area (Å²) < 4.78 is 19.6. The molecule has 0 radical (unpaired) electrons. The summed E-state index contributed by atoms with van der Waals surface area (Å²) in [5, 5.41) is 8.16. The minimum Gasteiger partial charge on any atom is -0.495 e. The van der Waals surface area contributed by atoms with Crippen LogP contribution in [0, 0.1) is 5.82 Å². The molecule has 0 heterocycles. The Morgan fingerprint density at radius 2 is 1.60 bits per heavy atom. The van der Waals surface area contributed by atoms with Gasteiger partial charge in [0.05, 0.1) is 18.0 Å². The molecule has 0 saturated carbocycles. The molecule has 1 atom stereocenters. The van der Waals surface area contributed by atoms with E-state index in [4.69, 9.17) is 16.3 Å². The molecule has 4 aromatic rings. The highest BCUT2D eigenvalue weighted by Crippen LogP contribution is 2.30. The lowest BCUT2D eigenvalue weighted by molar-refractivity contribution is -0.115. The number of rotatable bonds is 10. The van der Waals surface area contributed by atoms with Gasteiger partial charge < -0.3 is 20.7 Å². The fraction of sp³-hybridized carbons (Fsp3) is 0.0938. The average molecular weight is 604 g/mol. The SMILES string of the molecule is COc1ccc(Cl)cc1NC(=O)C(C)Sc1ccc(NC(=O)/C(=C/c2ccccc2F)NC(=O)c2ccccc2)cc1. The Hall–Kier alpha value is -4.60. The summed E-state index contributed by atoms with van der Waals surface area (Å²) in [5.41, 5.74) is 1.27. The number of hydrogen-bond donors (Lipinski definition) is 3. The third-order valence-electron chi connectivity index (χ3n) is 5.95. The van der Waals surface area contributed by atoms with E-state index < -0.39 is 22.9 Å². The van der Waals surface area contributed by atoms with Gasteiger partial charge in [0.25, 0.3) is 11.8 Å². The summed E-state index contributed by atoms with van der Waals surface area (Å²) in [6, 6.07) is 26.1. The quantitative estimate of drug-likeness (QED) is 0.134. The molecule has 0 aromatic heterocycles. The monoisotopic (exact) mass is 603 g/mol. The molecule has 1 unspecified atom stereocenters. The van der Waals surface area contributed by atoms with Crippen molar-refractivity contribution in [3.8, 4) is 5.75 Å². The van der Waals surface area contributed by atoms with Crippen LogP contribution in [0.25, 0.3) is 6.08 Å². The van der Waals surface area contributed by atoms with Crippen molar-refractivity contribution < 1.29 is 23.5 Å². The van der Waals surface area contributed by atoms with Gasteiger partial charge in [-0.15, -0.1) is 11.8 Å². The minimum atomic E-state index is -0.633. The van der Waals surface area contributed by atoms with Crippen LogP contribution in [0.5, 0.6) is 5.75 Å². The van der Waals surface area contributed by atoms with E-state index in [9.17, 15) is 18.8 Å². The first-order valence-electron chi connectivity index (χ1n) is 12.8. The maximum Gasteiger partial charge on any atom is 0.272 e. The number of halogens is 2. The number of amides is 3. The van der Waals surface area contributed by atoms with Gasteiger partial charge >= 0.3 is 0 Å². The van der Waals surface area contributed by atoms with Crippen LogP contribution in [0.2, 0.25) is 5.02 Å². The number of ether oxygens (including phenoxy) is 1. The smallest absolute Gasteiger partial charge is 0.272 e. The molecule has 10 heteroatoms. The van der Waals surface area contributed by atoms with E-state index >= 15 is 0 Å². The van der Waals surface area contributed by atoms with Crippen LogP contribution in [0.3, 0.4) is 0 Å². The van der Waals surface area contributed by atoms with E-state index in [1.54, 1.807) is 85.8 Å². The normalized spacial score (nSPS) is 11.8. The van der Waals surface area contributed by atoms with E-state index in [0.29, 0.717) is 27.7 Å². The molecule has 0 saturated heterocycles. The van der Waals surface area contributed by atoms with Crippen molar-refractivity contribution in [3.63, 3.8) is 0 Å². The fourth-order valence-corrected chi connectivity index (χ4v) is 4.81. The van der Waals surface area contributed by atoms with Gasteiger partial charge in [-0.1, -0.05) is 48.0 Å². The number of nitrogens with one attached hydrogen (secondary N) is 3. The Labute approximate surface area is 252 Å². The van der Waals surface area contributed by atoms with Gasteiger partial charge in [-0.25, -0.2) is 4.39 Å². The van der Waals surface area contributed by atoms with Gasteiger partial charge in [0.15, 0.2) is 0 Å². The van der Waals surface area contributed by atoms with E-state index in [0.717, 1.165) is 4.90 Å². The van der Waals surface area contributed by atoms with E-state index in [1.807, 2.05) is 0 Å². The van der Waals surface area contributed by atoms with Crippen LogP contribution < -0.4 is 20.7 Å². The largest absolute Gasteiger partial charge is 0.495 e. The van der Waals surface area contributed by atoms with Crippen molar-refractivity contribution in [1.82, 2.24) is 5.32 Å². The van der Waals surface area contributed by atoms with E-state index in [1.165, 1.54) is 43.1 Å². The number of carbonyl (C=O) groups is 3. The molecule has 42 heavy (non-hydrogen) atoms. The summed E-state index contributed by atoms with van der Waals surface area (Å²) in [7, 11) is 1.51. The third-order valence-corrected chi connectivity index (χ3v) is 7.29. The molecule has 214 valence electrons. The molecule has 0 spiro atoms. The summed E-state index contributed by atoms with van der Waals surface area (Å²) in [6.45, 7) is 1.77. The zero-order chi connectivity index (χ0) is 30.1. The summed E-state index contributed by atoms with van der Waals surface area (Å²) in [6.07, 6.45) is 1.28. The highest BCUT2D eigenvalue weighted by atomic mass is 35.5. The van der Waals surface area contributed by atoms with Crippen LogP contribution in [0.4, 0.5) is 15.8 Å². The zero-order valence-electron chi connectivity index (χ0n) is 22.7. The molecule has 7 nitrogen and oxygen atoms in total. The molecule has 0 fully saturated rings. The van der Waals surface area contributed by atoms with Gasteiger partial charge in [0.1, 0.15) is 17.3 Å². The average Bonchev–Trinajstić information content (AvgIpc) is 2.99. The molecule has 0 aliphatic heterocycles. The summed E-state index contributed by atoms with van der Waals surface area (Å²) in [5.74, 6) is -1.43. The number of benzene rings is 4. The molecule has 0 aliphatic carbocycles. The lowest BCUT2D eigenvalue weighted by Gasteiger charge is -2.15. The Bertz CT molecular complexity index is 1610. The van der Waals surface area contributed by atoms with Crippen LogP contribution in [0.15, 0.2) is 108 Å². The molecule has 0 bridgehead atoms. The predicted octanol–water partition coefficient (Wildman–Crippen LogP) is 7.02. The minimum absolute atomic E-state index is 0.130. The first kappa shape index (κ1) is 30.4. The standard InChI is InChI=1S/C32H27ClFN3O4S/c1-20(30(38)36-27-19-23(33)12-17-29(27)41-2)42-25-15-13-24(14-16-25)35-32(40)28(18-22-10-6-7-11-26(22)34)37-31(39)21-8-4-3-5-9-21/h3-20H,1-2H3,(H,35,40)(H,36,38)(H,37,39)/b28-18-. The van der Waals surface area contributed by atoms with Crippen LogP contribution in [-0.4, -0.2) is 30.1 Å². The number of carbonyl (C=O) groups excluding carboxylic acids is 3. The predicted molar refractivity (Wildman–Crippen MR) is 165 cm³/mol. The van der Waals surface area contributed by atoms with Crippen molar-refractivity contribution in [2.45, 2.75) is 17.1 Å². The Balaban J connectivity index is 1.44. The lowest BCUT2D eigenvalue weighted by atomic mass is 10.1. The van der Waals surface area contributed by atoms with E-state index in [-0.39, 0.29) is 17.2 Å². The molecular weight excluding hydrogens is 577 g/mol. The second-order valence-corrected chi connectivity index (χ2v) is 10.8. The Morgan fingerprint density at radius 3 is 2.29 bits per heavy atom. The number of hydrogen-bond acceptors (Lipinski definition) is 5. The van der Waals surface area contributed by atoms with Gasteiger partial charge in [-0.3, -0.25) is 14.4 Å². The van der Waals surface area contributed by atoms with Crippen LogP contribution in [-0.2, 0) is 9.59 Å². The molecule has 0 aliphatic rings. The fourth-order valence-electron chi connectivity index (χ4n) is 3.78. The highest BCUT2D eigenvalue weighted by Gasteiger charge is 2.18. The van der Waals surface area contributed by atoms with Gasteiger partial charge in [-0.2, -0.15) is 0 Å². The summed E-state index contributed by atoms with van der Waals surface area (Å²) in [4.78, 5) is 39.6. The molecule has 4 aromatic carbocycles. The maximum absolute atomic E-state index is 14.4. The molecule has 4 rings (SSSR count). The lowest BCUT2D eigenvalue weighted by Crippen LogP contribution is -2.30. The van der Waals surface area contributed by atoms with Crippen LogP contribution in [0.1, 0.15) is 22.8 Å². The van der Waals surface area contributed by atoms with Crippen molar-refractivity contribution in [1.29, 1.82) is 0 Å². The number of thioether (sulfide) groups is 1. The van der Waals surface area contributed by atoms with Gasteiger partial charge in [-0.05, 0) is 73.7 Å². The number of anilines is 2.